The molecule has 0 saturated heterocycles. The zero-order valence-corrected chi connectivity index (χ0v) is 18.3. The first kappa shape index (κ1) is 24.2. The van der Waals surface area contributed by atoms with Crippen molar-refractivity contribution < 1.29 is 9.53 Å². The molecule has 24 heavy (non-hydrogen) atoms. The largest absolute Gasteiger partial charge is 0.465 e. The predicted octanol–water partition coefficient (Wildman–Crippen LogP) is 7.62. The fraction of sp³-hybridized carbons (Fsp3) is 0.952. The molecule has 0 atom stereocenters. The number of hydrogen-bond acceptors (Lipinski definition) is 2. The molecular weight excluding hydrogens is 411 g/mol. The molecule has 0 unspecified atom stereocenters. The molecule has 0 aromatic heterocycles. The molecule has 0 aromatic rings. The second-order valence-corrected chi connectivity index (χ2v) is 7.77. The lowest BCUT2D eigenvalue weighted by Crippen LogP contribution is -2.06. The Hall–Kier alpha value is 0.200. The third-order valence-electron chi connectivity index (χ3n) is 4.62. The van der Waals surface area contributed by atoms with Gasteiger partial charge in [-0.25, -0.2) is 0 Å². The Bertz CT molecular complexity index is 256. The van der Waals surface area contributed by atoms with Crippen LogP contribution in [0.4, 0.5) is 0 Å². The van der Waals surface area contributed by atoms with E-state index >= 15 is 0 Å². The number of ether oxygens (including phenoxy) is 1. The highest BCUT2D eigenvalue weighted by atomic mass is 127. The molecule has 0 saturated carbocycles. The lowest BCUT2D eigenvalue weighted by atomic mass is 10.0. The Morgan fingerprint density at radius 3 is 1.29 bits per heavy atom. The van der Waals surface area contributed by atoms with E-state index in [1.165, 1.54) is 103 Å². The van der Waals surface area contributed by atoms with Crippen LogP contribution in [0, 0.1) is 0 Å². The van der Waals surface area contributed by atoms with Gasteiger partial charge >= 0.3 is 5.97 Å². The smallest absolute Gasteiger partial charge is 0.315 e. The molecule has 0 aliphatic heterocycles. The average Bonchev–Trinajstić information content (AvgIpc) is 2.60. The molecule has 0 rings (SSSR count). The van der Waals surface area contributed by atoms with Gasteiger partial charge in [0.05, 0.1) is 11.0 Å². The third-order valence-corrected chi connectivity index (χ3v) is 5.24. The fourth-order valence-electron chi connectivity index (χ4n) is 3.05. The van der Waals surface area contributed by atoms with Crippen LogP contribution in [0.15, 0.2) is 0 Å². The second-order valence-electron chi connectivity index (χ2n) is 7.01. The number of alkyl halides is 1. The zero-order valence-electron chi connectivity index (χ0n) is 16.1. The first-order valence-corrected chi connectivity index (χ1v) is 12.1. The highest BCUT2D eigenvalue weighted by molar-refractivity contribution is 14.1. The second kappa shape index (κ2) is 21.2. The van der Waals surface area contributed by atoms with Crippen LogP contribution in [0.2, 0.25) is 0 Å². The maximum absolute atomic E-state index is 11.0. The summed E-state index contributed by atoms with van der Waals surface area (Å²) in [6.07, 6.45) is 23.4. The highest BCUT2D eigenvalue weighted by Gasteiger charge is 1.98. The number of carbonyl (C=O) groups excluding carboxylic acids is 1. The Labute approximate surface area is 165 Å². The summed E-state index contributed by atoms with van der Waals surface area (Å²) < 4.78 is 5.54. The first-order chi connectivity index (χ1) is 11.8. The number of hydrogen-bond donors (Lipinski definition) is 0. The van der Waals surface area contributed by atoms with Crippen molar-refractivity contribution in [2.75, 3.05) is 11.0 Å². The molecule has 0 aliphatic carbocycles. The fourth-order valence-corrected chi connectivity index (χ4v) is 3.27. The van der Waals surface area contributed by atoms with E-state index in [0.717, 1.165) is 6.42 Å². The van der Waals surface area contributed by atoms with Crippen molar-refractivity contribution in [2.24, 2.45) is 0 Å². The first-order valence-electron chi connectivity index (χ1n) is 10.5. The average molecular weight is 452 g/mol. The molecule has 0 bridgehead atoms. The number of unbranched alkanes of at least 4 members (excludes halogenated alkanes) is 16. The van der Waals surface area contributed by atoms with Crippen molar-refractivity contribution in [2.45, 2.75) is 116 Å². The predicted molar refractivity (Wildman–Crippen MR) is 114 cm³/mol. The van der Waals surface area contributed by atoms with Crippen molar-refractivity contribution in [3.8, 4) is 0 Å². The summed E-state index contributed by atoms with van der Waals surface area (Å²) in [6.45, 7) is 2.90. The SMILES string of the molecule is CCCCCCCCCCCCCCCCCCCOC(=O)CI. The summed E-state index contributed by atoms with van der Waals surface area (Å²) in [5, 5.41) is 0. The monoisotopic (exact) mass is 452 g/mol. The standard InChI is InChI=1S/C21H41IO2/c1-2-3-4-5-6-7-8-9-10-11-12-13-14-15-16-17-18-19-24-21(23)20-22/h2-20H2,1H3. The Morgan fingerprint density at radius 1 is 0.625 bits per heavy atom. The van der Waals surface area contributed by atoms with Gasteiger partial charge in [-0.3, -0.25) is 4.79 Å². The van der Waals surface area contributed by atoms with Crippen LogP contribution in [0.5, 0.6) is 0 Å². The molecule has 0 N–H and O–H groups in total. The van der Waals surface area contributed by atoms with E-state index in [1.54, 1.807) is 0 Å². The van der Waals surface area contributed by atoms with Crippen LogP contribution in [0.25, 0.3) is 0 Å². The molecule has 144 valence electrons. The van der Waals surface area contributed by atoms with Gasteiger partial charge in [-0.2, -0.15) is 0 Å². The van der Waals surface area contributed by atoms with Crippen LogP contribution in [-0.2, 0) is 9.53 Å². The molecule has 0 amide bonds. The molecule has 0 aliphatic rings. The Kier molecular flexibility index (Phi) is 21.4. The van der Waals surface area contributed by atoms with Gasteiger partial charge in [0.2, 0.25) is 0 Å². The van der Waals surface area contributed by atoms with E-state index < -0.39 is 0 Å². The molecule has 0 spiro atoms. The van der Waals surface area contributed by atoms with Gasteiger partial charge in [0.25, 0.3) is 0 Å². The molecular formula is C21H41IO2. The number of halogens is 1. The number of esters is 1. The van der Waals surface area contributed by atoms with E-state index in [-0.39, 0.29) is 5.97 Å². The summed E-state index contributed by atoms with van der Waals surface area (Å²) in [5.74, 6) is -0.0768. The molecule has 3 heteroatoms. The van der Waals surface area contributed by atoms with Gasteiger partial charge in [0.1, 0.15) is 0 Å². The van der Waals surface area contributed by atoms with E-state index in [9.17, 15) is 4.79 Å². The van der Waals surface area contributed by atoms with Crippen LogP contribution < -0.4 is 0 Å². The minimum absolute atomic E-state index is 0.0768. The van der Waals surface area contributed by atoms with Crippen LogP contribution in [-0.4, -0.2) is 17.0 Å². The van der Waals surface area contributed by atoms with E-state index in [2.05, 4.69) is 6.92 Å². The van der Waals surface area contributed by atoms with E-state index in [1.807, 2.05) is 22.6 Å². The minimum Gasteiger partial charge on any atom is -0.465 e. The topological polar surface area (TPSA) is 26.3 Å². The van der Waals surface area contributed by atoms with Crippen molar-refractivity contribution in [1.82, 2.24) is 0 Å². The van der Waals surface area contributed by atoms with Gasteiger partial charge in [-0.05, 0) is 6.42 Å². The summed E-state index contributed by atoms with van der Waals surface area (Å²) in [4.78, 5) is 11.0. The normalized spacial score (nSPS) is 10.9. The van der Waals surface area contributed by atoms with Crippen molar-refractivity contribution in [3.63, 3.8) is 0 Å². The third kappa shape index (κ3) is 20.2. The Morgan fingerprint density at radius 2 is 0.958 bits per heavy atom. The van der Waals surface area contributed by atoms with Crippen LogP contribution in [0.3, 0.4) is 0 Å². The molecule has 0 radical (unpaired) electrons. The summed E-state index contributed by atoms with van der Waals surface area (Å²) in [5.41, 5.74) is 0. The lowest BCUT2D eigenvalue weighted by molar-refractivity contribution is -0.140. The van der Waals surface area contributed by atoms with Gasteiger partial charge in [0, 0.05) is 0 Å². The van der Waals surface area contributed by atoms with Gasteiger partial charge in [-0.15, -0.1) is 0 Å². The molecule has 2 nitrogen and oxygen atoms in total. The van der Waals surface area contributed by atoms with Crippen LogP contribution in [0.1, 0.15) is 116 Å². The molecule has 0 fully saturated rings. The van der Waals surface area contributed by atoms with Crippen LogP contribution >= 0.6 is 22.6 Å². The minimum atomic E-state index is -0.0768. The van der Waals surface area contributed by atoms with Crippen molar-refractivity contribution in [3.05, 3.63) is 0 Å². The van der Waals surface area contributed by atoms with Gasteiger partial charge in [0.15, 0.2) is 0 Å². The molecule has 0 heterocycles. The van der Waals surface area contributed by atoms with E-state index in [4.69, 9.17) is 4.74 Å². The molecule has 0 aromatic carbocycles. The quantitative estimate of drug-likeness (QED) is 0.0872. The lowest BCUT2D eigenvalue weighted by Gasteiger charge is -2.04. The van der Waals surface area contributed by atoms with E-state index in [0.29, 0.717) is 11.0 Å². The summed E-state index contributed by atoms with van der Waals surface area (Å²) >= 11 is 2.04. The summed E-state index contributed by atoms with van der Waals surface area (Å²) in [6, 6.07) is 0. The Balaban J connectivity index is 2.99. The number of carbonyl (C=O) groups is 1. The van der Waals surface area contributed by atoms with Crippen molar-refractivity contribution in [1.29, 1.82) is 0 Å². The van der Waals surface area contributed by atoms with Gasteiger partial charge in [-0.1, -0.05) is 132 Å². The zero-order chi connectivity index (χ0) is 17.7. The summed E-state index contributed by atoms with van der Waals surface area (Å²) in [7, 11) is 0. The maximum atomic E-state index is 11.0. The number of rotatable bonds is 19. The van der Waals surface area contributed by atoms with Crippen molar-refractivity contribution >= 4 is 28.6 Å². The maximum Gasteiger partial charge on any atom is 0.315 e. The van der Waals surface area contributed by atoms with Gasteiger partial charge < -0.3 is 4.74 Å². The highest BCUT2D eigenvalue weighted by Crippen LogP contribution is 2.14.